The van der Waals surface area contributed by atoms with Gasteiger partial charge < -0.3 is 19.1 Å². The lowest BCUT2D eigenvalue weighted by Crippen LogP contribution is -2.42. The van der Waals surface area contributed by atoms with E-state index in [1.165, 1.54) is 25.7 Å². The second kappa shape index (κ2) is 8.82. The van der Waals surface area contributed by atoms with Crippen molar-refractivity contribution < 1.29 is 19.0 Å². The molecule has 29 heavy (non-hydrogen) atoms. The van der Waals surface area contributed by atoms with E-state index in [-0.39, 0.29) is 0 Å². The molecule has 4 rings (SSSR count). The van der Waals surface area contributed by atoms with Crippen LogP contribution in [-0.2, 0) is 11.3 Å². The van der Waals surface area contributed by atoms with E-state index < -0.39 is 0 Å². The number of methoxy groups -OCH3 is 3. The maximum absolute atomic E-state index is 12.8. The normalized spacial score (nSPS) is 25.1. The number of carbonyl (C=O) groups is 1. The maximum atomic E-state index is 12.8. The number of amides is 1. The van der Waals surface area contributed by atoms with E-state index in [2.05, 4.69) is 9.80 Å². The number of rotatable bonds is 6. The molecule has 3 fully saturated rings. The first-order chi connectivity index (χ1) is 14.1. The van der Waals surface area contributed by atoms with Gasteiger partial charge in [-0.1, -0.05) is 12.8 Å². The molecule has 6 nitrogen and oxygen atoms in total. The molecule has 1 aliphatic carbocycles. The zero-order chi connectivity index (χ0) is 20.4. The fourth-order valence-electron chi connectivity index (χ4n) is 5.19. The van der Waals surface area contributed by atoms with E-state index in [1.54, 1.807) is 21.3 Å². The number of likely N-dealkylation sites (tertiary alicyclic amines) is 2. The molecule has 0 aromatic heterocycles. The molecule has 2 atom stereocenters. The van der Waals surface area contributed by atoms with Gasteiger partial charge in [0.1, 0.15) is 0 Å². The second-order valence-corrected chi connectivity index (χ2v) is 8.70. The van der Waals surface area contributed by atoms with Crippen molar-refractivity contribution in [2.45, 2.75) is 51.1 Å². The van der Waals surface area contributed by atoms with Gasteiger partial charge in [-0.2, -0.15) is 0 Å². The number of hydrogen-bond acceptors (Lipinski definition) is 5. The second-order valence-electron chi connectivity index (χ2n) is 8.70. The summed E-state index contributed by atoms with van der Waals surface area (Å²) >= 11 is 0. The minimum Gasteiger partial charge on any atom is -0.493 e. The minimum atomic E-state index is 0.293. The van der Waals surface area contributed by atoms with Gasteiger partial charge in [-0.3, -0.25) is 9.69 Å². The van der Waals surface area contributed by atoms with Crippen molar-refractivity contribution in [1.29, 1.82) is 0 Å². The first kappa shape index (κ1) is 20.3. The summed E-state index contributed by atoms with van der Waals surface area (Å²) < 4.78 is 16.5. The Morgan fingerprint density at radius 1 is 0.966 bits per heavy atom. The van der Waals surface area contributed by atoms with E-state index in [0.717, 1.165) is 44.6 Å². The van der Waals surface area contributed by atoms with Crippen molar-refractivity contribution in [3.63, 3.8) is 0 Å². The van der Waals surface area contributed by atoms with Crippen LogP contribution in [0.25, 0.3) is 0 Å². The summed E-state index contributed by atoms with van der Waals surface area (Å²) in [6, 6.07) is 4.54. The lowest BCUT2D eigenvalue weighted by atomic mass is 9.84. The lowest BCUT2D eigenvalue weighted by molar-refractivity contribution is -0.137. The quantitative estimate of drug-likeness (QED) is 0.731. The van der Waals surface area contributed by atoms with Crippen LogP contribution in [0.1, 0.15) is 44.1 Å². The molecule has 0 radical (unpaired) electrons. The summed E-state index contributed by atoms with van der Waals surface area (Å²) in [5.74, 6) is 3.30. The van der Waals surface area contributed by atoms with Crippen LogP contribution >= 0.6 is 0 Å². The van der Waals surface area contributed by atoms with Crippen LogP contribution in [0.3, 0.4) is 0 Å². The van der Waals surface area contributed by atoms with Gasteiger partial charge in [-0.15, -0.1) is 0 Å². The molecule has 160 valence electrons. The minimum absolute atomic E-state index is 0.293. The maximum Gasteiger partial charge on any atom is 0.225 e. The van der Waals surface area contributed by atoms with Gasteiger partial charge in [0.15, 0.2) is 11.5 Å². The molecule has 2 heterocycles. The van der Waals surface area contributed by atoms with Gasteiger partial charge >= 0.3 is 0 Å². The molecule has 6 heteroatoms. The van der Waals surface area contributed by atoms with Crippen LogP contribution < -0.4 is 14.2 Å². The monoisotopic (exact) mass is 402 g/mol. The summed E-state index contributed by atoms with van der Waals surface area (Å²) in [7, 11) is 4.94. The summed E-state index contributed by atoms with van der Waals surface area (Å²) in [4.78, 5) is 17.6. The molecule has 2 aliphatic heterocycles. The Kier molecular flexibility index (Phi) is 6.18. The Morgan fingerprint density at radius 2 is 1.69 bits per heavy atom. The standard InChI is InChI=1S/C23H34N2O4/c1-27-20-11-16(12-21(28-2)22(20)29-3)13-24-10-5-4-7-18-14-25(15-19(18)24)23(26)17-8-6-9-17/h11-12,17-19H,4-10,13-15H2,1-3H3/t18-,19+/m0/s1. The van der Waals surface area contributed by atoms with Crippen molar-refractivity contribution in [3.8, 4) is 17.2 Å². The molecular formula is C23H34N2O4. The Labute approximate surface area is 174 Å². The summed E-state index contributed by atoms with van der Waals surface area (Å²) in [5, 5.41) is 0. The predicted octanol–water partition coefficient (Wildman–Crippen LogP) is 3.33. The lowest BCUT2D eigenvalue weighted by Gasteiger charge is -2.31. The van der Waals surface area contributed by atoms with Gasteiger partial charge in [0, 0.05) is 31.6 Å². The fourth-order valence-corrected chi connectivity index (χ4v) is 5.19. The van der Waals surface area contributed by atoms with Gasteiger partial charge in [0.25, 0.3) is 0 Å². The zero-order valence-electron chi connectivity index (χ0n) is 18.0. The van der Waals surface area contributed by atoms with E-state index in [1.807, 2.05) is 12.1 Å². The number of benzene rings is 1. The van der Waals surface area contributed by atoms with Crippen LogP contribution in [0.4, 0.5) is 0 Å². The fraction of sp³-hybridized carbons (Fsp3) is 0.696. The molecule has 0 unspecified atom stereocenters. The average molecular weight is 403 g/mol. The highest BCUT2D eigenvalue weighted by atomic mass is 16.5. The van der Waals surface area contributed by atoms with Crippen LogP contribution in [0, 0.1) is 11.8 Å². The largest absolute Gasteiger partial charge is 0.493 e. The Hall–Kier alpha value is -1.95. The summed E-state index contributed by atoms with van der Waals surface area (Å²) in [5.41, 5.74) is 1.16. The van der Waals surface area contributed by atoms with Crippen molar-refractivity contribution in [2.24, 2.45) is 11.8 Å². The summed E-state index contributed by atoms with van der Waals surface area (Å²) in [6.07, 6.45) is 7.07. The smallest absolute Gasteiger partial charge is 0.225 e. The van der Waals surface area contributed by atoms with Crippen LogP contribution in [0.5, 0.6) is 17.2 Å². The van der Waals surface area contributed by atoms with Crippen molar-refractivity contribution in [3.05, 3.63) is 17.7 Å². The number of ether oxygens (including phenoxy) is 3. The highest BCUT2D eigenvalue weighted by Gasteiger charge is 2.41. The topological polar surface area (TPSA) is 51.2 Å². The molecule has 0 N–H and O–H groups in total. The molecule has 1 aromatic carbocycles. The third-order valence-electron chi connectivity index (χ3n) is 7.02. The van der Waals surface area contributed by atoms with Gasteiger partial charge in [-0.05, 0) is 55.8 Å². The first-order valence-corrected chi connectivity index (χ1v) is 11.0. The van der Waals surface area contributed by atoms with E-state index in [9.17, 15) is 4.79 Å². The highest BCUT2D eigenvalue weighted by molar-refractivity contribution is 5.80. The average Bonchev–Trinajstić information content (AvgIpc) is 3.03. The summed E-state index contributed by atoms with van der Waals surface area (Å²) in [6.45, 7) is 3.73. The third-order valence-corrected chi connectivity index (χ3v) is 7.02. The van der Waals surface area contributed by atoms with Crippen LogP contribution in [-0.4, -0.2) is 62.7 Å². The van der Waals surface area contributed by atoms with E-state index in [0.29, 0.717) is 41.0 Å². The van der Waals surface area contributed by atoms with E-state index in [4.69, 9.17) is 14.2 Å². The van der Waals surface area contributed by atoms with Gasteiger partial charge in [0.2, 0.25) is 11.7 Å². The molecule has 0 spiro atoms. The SMILES string of the molecule is COc1cc(CN2CCCC[C@H]3CN(C(=O)C4CCC4)C[C@H]32)cc(OC)c1OC. The molecule has 1 saturated carbocycles. The Bertz CT molecular complexity index is 709. The molecule has 0 bridgehead atoms. The van der Waals surface area contributed by atoms with Gasteiger partial charge in [0.05, 0.1) is 21.3 Å². The molecule has 2 saturated heterocycles. The zero-order valence-corrected chi connectivity index (χ0v) is 18.0. The number of carbonyl (C=O) groups excluding carboxylic acids is 1. The van der Waals surface area contributed by atoms with Crippen LogP contribution in [0.2, 0.25) is 0 Å². The predicted molar refractivity (Wildman–Crippen MR) is 112 cm³/mol. The Morgan fingerprint density at radius 3 is 2.28 bits per heavy atom. The molecule has 1 amide bonds. The van der Waals surface area contributed by atoms with Crippen molar-refractivity contribution >= 4 is 5.91 Å². The molecule has 3 aliphatic rings. The van der Waals surface area contributed by atoms with Crippen LogP contribution in [0.15, 0.2) is 12.1 Å². The third kappa shape index (κ3) is 4.04. The van der Waals surface area contributed by atoms with Crippen molar-refractivity contribution in [2.75, 3.05) is 41.0 Å². The van der Waals surface area contributed by atoms with Crippen molar-refractivity contribution in [1.82, 2.24) is 9.80 Å². The Balaban J connectivity index is 1.52. The molecule has 1 aromatic rings. The number of hydrogen-bond donors (Lipinski definition) is 0. The molecular weight excluding hydrogens is 368 g/mol. The van der Waals surface area contributed by atoms with Gasteiger partial charge in [-0.25, -0.2) is 0 Å². The first-order valence-electron chi connectivity index (χ1n) is 11.0. The highest BCUT2D eigenvalue weighted by Crippen LogP contribution is 2.40. The van der Waals surface area contributed by atoms with E-state index >= 15 is 0 Å². The number of fused-ring (bicyclic) bond motifs is 1. The number of nitrogens with zero attached hydrogens (tertiary/aromatic N) is 2.